The van der Waals surface area contributed by atoms with Gasteiger partial charge < -0.3 is 9.84 Å². The average Bonchev–Trinajstić information content (AvgIpc) is 2.40. The Morgan fingerprint density at radius 3 is 2.35 bits per heavy atom. The molecule has 0 saturated heterocycles. The Kier molecular flexibility index (Phi) is 6.15. The average molecular weight is 251 g/mol. The molecule has 0 atom stereocenters. The topological polar surface area (TPSA) is 29.5 Å². The lowest BCUT2D eigenvalue weighted by molar-refractivity contribution is 0.306. The highest BCUT2D eigenvalue weighted by Crippen LogP contribution is 2.18. The Labute approximate surface area is 106 Å². The predicted octanol–water partition coefficient (Wildman–Crippen LogP) is 3.53. The fraction of sp³-hybridized carbons (Fsp3) is 0.143. The zero-order valence-corrected chi connectivity index (χ0v) is 10.4. The highest BCUT2D eigenvalue weighted by atomic mass is 35.5. The van der Waals surface area contributed by atoms with Crippen LogP contribution in [0.3, 0.4) is 0 Å². The number of rotatable bonds is 3. The SMILES string of the molecule is CO.Clc1cccc(OCc2ccccc2)c1. The standard InChI is InChI=1S/C13H11ClO.CH4O/c14-12-7-4-8-13(9-12)15-10-11-5-2-1-3-6-11;1-2/h1-9H,10H2;2H,1H3. The van der Waals surface area contributed by atoms with E-state index in [1.807, 2.05) is 54.6 Å². The van der Waals surface area contributed by atoms with Crippen molar-refractivity contribution >= 4 is 11.6 Å². The Morgan fingerprint density at radius 2 is 1.71 bits per heavy atom. The second-order valence-electron chi connectivity index (χ2n) is 3.23. The quantitative estimate of drug-likeness (QED) is 0.903. The smallest absolute Gasteiger partial charge is 0.121 e. The van der Waals surface area contributed by atoms with Gasteiger partial charge in [-0.25, -0.2) is 0 Å². The predicted molar refractivity (Wildman–Crippen MR) is 70.4 cm³/mol. The van der Waals surface area contributed by atoms with Crippen molar-refractivity contribution in [3.63, 3.8) is 0 Å². The van der Waals surface area contributed by atoms with Crippen molar-refractivity contribution in [3.8, 4) is 5.75 Å². The third kappa shape index (κ3) is 4.89. The molecule has 2 rings (SSSR count). The number of aliphatic hydroxyl groups excluding tert-OH is 1. The first-order valence-corrected chi connectivity index (χ1v) is 5.59. The van der Waals surface area contributed by atoms with Crippen LogP contribution in [0.1, 0.15) is 5.56 Å². The molecule has 2 nitrogen and oxygen atoms in total. The summed E-state index contributed by atoms with van der Waals surface area (Å²) in [6.45, 7) is 0.571. The van der Waals surface area contributed by atoms with Crippen LogP contribution in [0.2, 0.25) is 5.02 Å². The van der Waals surface area contributed by atoms with Crippen molar-refractivity contribution in [1.29, 1.82) is 0 Å². The Hall–Kier alpha value is -1.51. The van der Waals surface area contributed by atoms with Crippen LogP contribution in [0, 0.1) is 0 Å². The first kappa shape index (κ1) is 13.6. The Morgan fingerprint density at radius 1 is 1.00 bits per heavy atom. The van der Waals surface area contributed by atoms with E-state index < -0.39 is 0 Å². The Bertz CT molecular complexity index is 429. The lowest BCUT2D eigenvalue weighted by Crippen LogP contribution is -1.94. The molecule has 3 heteroatoms. The summed E-state index contributed by atoms with van der Waals surface area (Å²) >= 11 is 5.85. The molecule has 2 aromatic rings. The van der Waals surface area contributed by atoms with Crippen molar-refractivity contribution in [2.24, 2.45) is 0 Å². The molecule has 0 spiro atoms. The zero-order chi connectivity index (χ0) is 12.5. The molecule has 0 aliphatic heterocycles. The summed E-state index contributed by atoms with van der Waals surface area (Å²) in [7, 11) is 1.00. The van der Waals surface area contributed by atoms with Gasteiger partial charge in [0.1, 0.15) is 12.4 Å². The molecule has 0 saturated carbocycles. The second kappa shape index (κ2) is 7.71. The van der Waals surface area contributed by atoms with E-state index in [2.05, 4.69) is 0 Å². The van der Waals surface area contributed by atoms with Gasteiger partial charge in [0.15, 0.2) is 0 Å². The molecule has 0 aliphatic rings. The summed E-state index contributed by atoms with van der Waals surface area (Å²) in [5.74, 6) is 0.798. The highest BCUT2D eigenvalue weighted by Gasteiger charge is 1.95. The van der Waals surface area contributed by atoms with Gasteiger partial charge in [-0.3, -0.25) is 0 Å². The Balaban J connectivity index is 0.000000686. The molecule has 0 aliphatic carbocycles. The van der Waals surface area contributed by atoms with E-state index in [1.165, 1.54) is 0 Å². The highest BCUT2D eigenvalue weighted by molar-refractivity contribution is 6.30. The fourth-order valence-electron chi connectivity index (χ4n) is 1.30. The molecule has 2 aromatic carbocycles. The monoisotopic (exact) mass is 250 g/mol. The van der Waals surface area contributed by atoms with Crippen molar-refractivity contribution in [2.75, 3.05) is 7.11 Å². The molecule has 0 unspecified atom stereocenters. The van der Waals surface area contributed by atoms with Gasteiger partial charge in [-0.1, -0.05) is 48.0 Å². The van der Waals surface area contributed by atoms with Crippen LogP contribution in [-0.4, -0.2) is 12.2 Å². The summed E-state index contributed by atoms with van der Waals surface area (Å²) in [6.07, 6.45) is 0. The number of benzene rings is 2. The van der Waals surface area contributed by atoms with Crippen LogP contribution in [-0.2, 0) is 6.61 Å². The van der Waals surface area contributed by atoms with Gasteiger partial charge in [0.05, 0.1) is 0 Å². The van der Waals surface area contributed by atoms with Crippen molar-refractivity contribution < 1.29 is 9.84 Å². The molecule has 0 heterocycles. The largest absolute Gasteiger partial charge is 0.489 e. The van der Waals surface area contributed by atoms with E-state index in [4.69, 9.17) is 21.4 Å². The molecule has 0 fully saturated rings. The van der Waals surface area contributed by atoms with Gasteiger partial charge in [-0.2, -0.15) is 0 Å². The van der Waals surface area contributed by atoms with E-state index in [0.717, 1.165) is 18.4 Å². The molecule has 0 aromatic heterocycles. The first-order chi connectivity index (χ1) is 8.34. The molecular formula is C14H15ClO2. The van der Waals surface area contributed by atoms with Crippen LogP contribution >= 0.6 is 11.6 Å². The molecule has 0 radical (unpaired) electrons. The number of halogens is 1. The lowest BCUT2D eigenvalue weighted by atomic mass is 10.2. The third-order valence-electron chi connectivity index (χ3n) is 2.04. The van der Waals surface area contributed by atoms with E-state index in [0.29, 0.717) is 11.6 Å². The normalized spacial score (nSPS) is 9.12. The fourth-order valence-corrected chi connectivity index (χ4v) is 1.48. The number of ether oxygens (including phenoxy) is 1. The molecule has 0 amide bonds. The van der Waals surface area contributed by atoms with Crippen LogP contribution < -0.4 is 4.74 Å². The van der Waals surface area contributed by atoms with Crippen molar-refractivity contribution in [2.45, 2.75) is 6.61 Å². The summed E-state index contributed by atoms with van der Waals surface area (Å²) in [5.41, 5.74) is 1.15. The van der Waals surface area contributed by atoms with Crippen LogP contribution in [0.15, 0.2) is 54.6 Å². The number of aliphatic hydroxyl groups is 1. The minimum absolute atomic E-state index is 0.571. The molecule has 17 heavy (non-hydrogen) atoms. The minimum Gasteiger partial charge on any atom is -0.489 e. The van der Waals surface area contributed by atoms with E-state index in [-0.39, 0.29) is 0 Å². The minimum atomic E-state index is 0.571. The zero-order valence-electron chi connectivity index (χ0n) is 9.64. The molecule has 90 valence electrons. The van der Waals surface area contributed by atoms with Crippen LogP contribution in [0.25, 0.3) is 0 Å². The maximum Gasteiger partial charge on any atom is 0.121 e. The number of hydrogen-bond donors (Lipinski definition) is 1. The van der Waals surface area contributed by atoms with Gasteiger partial charge >= 0.3 is 0 Å². The second-order valence-corrected chi connectivity index (χ2v) is 3.67. The summed E-state index contributed by atoms with van der Waals surface area (Å²) in [4.78, 5) is 0. The van der Waals surface area contributed by atoms with Gasteiger partial charge in [0.2, 0.25) is 0 Å². The third-order valence-corrected chi connectivity index (χ3v) is 2.28. The van der Waals surface area contributed by atoms with E-state index in [1.54, 1.807) is 0 Å². The first-order valence-electron chi connectivity index (χ1n) is 5.21. The maximum absolute atomic E-state index is 7.00. The molecule has 1 N–H and O–H groups in total. The van der Waals surface area contributed by atoms with Gasteiger partial charge in [0.25, 0.3) is 0 Å². The van der Waals surface area contributed by atoms with E-state index in [9.17, 15) is 0 Å². The summed E-state index contributed by atoms with van der Waals surface area (Å²) < 4.78 is 5.59. The van der Waals surface area contributed by atoms with Crippen molar-refractivity contribution in [1.82, 2.24) is 0 Å². The number of hydrogen-bond acceptors (Lipinski definition) is 2. The van der Waals surface area contributed by atoms with Gasteiger partial charge in [-0.05, 0) is 23.8 Å². The van der Waals surface area contributed by atoms with Gasteiger partial charge in [0, 0.05) is 12.1 Å². The van der Waals surface area contributed by atoms with Crippen LogP contribution in [0.4, 0.5) is 0 Å². The lowest BCUT2D eigenvalue weighted by Gasteiger charge is -2.05. The van der Waals surface area contributed by atoms with Crippen molar-refractivity contribution in [3.05, 3.63) is 65.2 Å². The molecular weight excluding hydrogens is 236 g/mol. The molecule has 0 bridgehead atoms. The summed E-state index contributed by atoms with van der Waals surface area (Å²) in [6, 6.07) is 17.5. The maximum atomic E-state index is 7.00. The van der Waals surface area contributed by atoms with Gasteiger partial charge in [-0.15, -0.1) is 0 Å². The summed E-state index contributed by atoms with van der Waals surface area (Å²) in [5, 5.41) is 7.69. The van der Waals surface area contributed by atoms with E-state index >= 15 is 0 Å². The van der Waals surface area contributed by atoms with Crippen LogP contribution in [0.5, 0.6) is 5.75 Å².